The van der Waals surface area contributed by atoms with Gasteiger partial charge in [-0.05, 0) is 56.3 Å². The number of hydrogen-bond acceptors (Lipinski definition) is 7. The zero-order valence-corrected chi connectivity index (χ0v) is 21.1. The number of halogens is 2. The Kier molecular flexibility index (Phi) is 7.63. The number of ether oxygens (including phenoxy) is 2. The van der Waals surface area contributed by atoms with E-state index in [1.165, 1.54) is 18.2 Å². The molecule has 4 rings (SSSR count). The molecule has 0 spiro atoms. The molecule has 2 aromatic carbocycles. The maximum absolute atomic E-state index is 12.8. The third-order valence-corrected chi connectivity index (χ3v) is 7.68. The summed E-state index contributed by atoms with van der Waals surface area (Å²) in [6, 6.07) is 11.5. The molecule has 0 saturated carbocycles. The minimum absolute atomic E-state index is 0.00754. The van der Waals surface area contributed by atoms with E-state index in [0.29, 0.717) is 31.3 Å². The molecule has 1 aliphatic rings. The summed E-state index contributed by atoms with van der Waals surface area (Å²) in [6.07, 6.45) is 0. The van der Waals surface area contributed by atoms with Crippen molar-refractivity contribution in [1.82, 2.24) is 19.5 Å². The number of nitrogens with one attached hydrogen (secondary N) is 1. The van der Waals surface area contributed by atoms with Crippen molar-refractivity contribution in [3.8, 4) is 11.8 Å². The summed E-state index contributed by atoms with van der Waals surface area (Å²) in [4.78, 5) is 2.26. The molecule has 9 nitrogen and oxygen atoms in total. The van der Waals surface area contributed by atoms with E-state index in [0.717, 1.165) is 18.8 Å². The van der Waals surface area contributed by atoms with Crippen LogP contribution in [0.15, 0.2) is 47.4 Å². The van der Waals surface area contributed by atoms with Crippen molar-refractivity contribution in [1.29, 1.82) is 0 Å². The first-order chi connectivity index (χ1) is 16.3. The van der Waals surface area contributed by atoms with E-state index in [1.54, 1.807) is 11.5 Å². The summed E-state index contributed by atoms with van der Waals surface area (Å²) in [5.74, 6) is 1.03. The fourth-order valence-electron chi connectivity index (χ4n) is 3.64. The van der Waals surface area contributed by atoms with E-state index < -0.39 is 16.1 Å². The summed E-state index contributed by atoms with van der Waals surface area (Å²) in [7, 11) is -3.87. The predicted octanol–water partition coefficient (Wildman–Crippen LogP) is 4.27. The van der Waals surface area contributed by atoms with Crippen LogP contribution in [0.5, 0.6) is 11.8 Å². The zero-order valence-electron chi connectivity index (χ0n) is 18.7. The first-order valence-corrected chi connectivity index (χ1v) is 13.0. The van der Waals surface area contributed by atoms with Crippen LogP contribution >= 0.6 is 23.2 Å². The molecule has 1 aromatic heterocycles. The second-order valence-corrected chi connectivity index (χ2v) is 10.2. The van der Waals surface area contributed by atoms with Crippen molar-refractivity contribution in [2.45, 2.75) is 31.3 Å². The second kappa shape index (κ2) is 10.5. The molecule has 0 bridgehead atoms. The number of benzene rings is 2. The van der Waals surface area contributed by atoms with Gasteiger partial charge in [0, 0.05) is 25.3 Å². The number of hydrogen-bond donors (Lipinski definition) is 1. The molecule has 0 unspecified atom stereocenters. The second-order valence-electron chi connectivity index (χ2n) is 7.70. The van der Waals surface area contributed by atoms with Crippen LogP contribution in [0.4, 0.5) is 5.69 Å². The van der Waals surface area contributed by atoms with Crippen LogP contribution in [0, 0.1) is 0 Å². The Morgan fingerprint density at radius 2 is 1.79 bits per heavy atom. The van der Waals surface area contributed by atoms with E-state index >= 15 is 0 Å². The third kappa shape index (κ3) is 5.47. The van der Waals surface area contributed by atoms with Crippen molar-refractivity contribution in [3.63, 3.8) is 0 Å². The molecule has 0 radical (unpaired) electrons. The molecule has 3 aromatic rings. The average molecular weight is 526 g/mol. The fraction of sp³-hybridized carbons (Fsp3) is 0.364. The lowest BCUT2D eigenvalue weighted by Crippen LogP contribution is -2.36. The van der Waals surface area contributed by atoms with Gasteiger partial charge in [0.1, 0.15) is 5.75 Å². The number of morpholine rings is 1. The number of anilines is 1. The predicted molar refractivity (Wildman–Crippen MR) is 130 cm³/mol. The highest BCUT2D eigenvalue weighted by Gasteiger charge is 2.24. The minimum Gasteiger partial charge on any atom is -0.424 e. The lowest BCUT2D eigenvalue weighted by molar-refractivity contribution is 0.122. The first-order valence-electron chi connectivity index (χ1n) is 10.8. The summed E-state index contributed by atoms with van der Waals surface area (Å²) >= 11 is 11.9. The van der Waals surface area contributed by atoms with Crippen molar-refractivity contribution in [2.75, 3.05) is 31.2 Å². The zero-order chi connectivity index (χ0) is 24.3. The third-order valence-electron chi connectivity index (χ3n) is 5.40. The van der Waals surface area contributed by atoms with E-state index in [1.807, 2.05) is 31.2 Å². The van der Waals surface area contributed by atoms with Gasteiger partial charge >= 0.3 is 6.01 Å². The number of sulfonamides is 1. The highest BCUT2D eigenvalue weighted by Crippen LogP contribution is 2.28. The van der Waals surface area contributed by atoms with Gasteiger partial charge in [0.2, 0.25) is 10.0 Å². The maximum Gasteiger partial charge on any atom is 0.322 e. The van der Waals surface area contributed by atoms with Crippen molar-refractivity contribution < 1.29 is 17.9 Å². The topological polar surface area (TPSA) is 98.6 Å². The van der Waals surface area contributed by atoms with Gasteiger partial charge in [0.15, 0.2) is 5.82 Å². The molecule has 1 atom stereocenters. The Bertz CT molecular complexity index is 1240. The lowest BCUT2D eigenvalue weighted by Gasteiger charge is -2.28. The largest absolute Gasteiger partial charge is 0.424 e. The first kappa shape index (κ1) is 24.7. The Balaban J connectivity index is 1.48. The van der Waals surface area contributed by atoms with E-state index in [2.05, 4.69) is 19.8 Å². The van der Waals surface area contributed by atoms with Crippen molar-refractivity contribution >= 4 is 38.9 Å². The van der Waals surface area contributed by atoms with Gasteiger partial charge < -0.3 is 14.4 Å². The van der Waals surface area contributed by atoms with Gasteiger partial charge in [-0.15, -0.1) is 5.10 Å². The van der Waals surface area contributed by atoms with Crippen LogP contribution in [-0.2, 0) is 21.3 Å². The molecule has 34 heavy (non-hydrogen) atoms. The van der Waals surface area contributed by atoms with Gasteiger partial charge in [0.05, 0.1) is 34.2 Å². The molecule has 1 aliphatic heterocycles. The standard InChI is InChI=1S/C22H25Cl2N5O4S/c1-3-29-21(15(2)27-34(30,31)18-8-9-19(23)20(24)14-18)25-26-22(29)33-17-6-4-16(5-7-17)28-10-12-32-13-11-28/h4-9,14-15,27H,3,10-13H2,1-2H3/t15-/m1/s1. The number of nitrogens with zero attached hydrogens (tertiary/aromatic N) is 4. The summed E-state index contributed by atoms with van der Waals surface area (Å²) in [5.41, 5.74) is 1.10. The van der Waals surface area contributed by atoms with Gasteiger partial charge in [-0.2, -0.15) is 0 Å². The van der Waals surface area contributed by atoms with E-state index in [-0.39, 0.29) is 21.0 Å². The molecule has 1 fully saturated rings. The molecule has 0 amide bonds. The lowest BCUT2D eigenvalue weighted by atomic mass is 10.2. The van der Waals surface area contributed by atoms with Gasteiger partial charge in [-0.3, -0.25) is 4.57 Å². The molecule has 182 valence electrons. The minimum atomic E-state index is -3.87. The fourth-order valence-corrected chi connectivity index (χ4v) is 5.23. The highest BCUT2D eigenvalue weighted by atomic mass is 35.5. The SMILES string of the molecule is CCn1c(Oc2ccc(N3CCOCC3)cc2)nnc1[C@@H](C)NS(=O)(=O)c1ccc(Cl)c(Cl)c1. The van der Waals surface area contributed by atoms with Crippen LogP contribution < -0.4 is 14.4 Å². The van der Waals surface area contributed by atoms with E-state index in [9.17, 15) is 8.42 Å². The molecular formula is C22H25Cl2N5O4S. The summed E-state index contributed by atoms with van der Waals surface area (Å²) in [5, 5.41) is 8.74. The normalized spacial score (nSPS) is 15.4. The molecular weight excluding hydrogens is 501 g/mol. The Morgan fingerprint density at radius 3 is 2.44 bits per heavy atom. The van der Waals surface area contributed by atoms with Crippen molar-refractivity contribution in [3.05, 3.63) is 58.3 Å². The molecule has 2 heterocycles. The van der Waals surface area contributed by atoms with E-state index in [4.69, 9.17) is 32.7 Å². The van der Waals surface area contributed by atoms with Crippen LogP contribution in [-0.4, -0.2) is 49.5 Å². The molecule has 1 N–H and O–H groups in total. The van der Waals surface area contributed by atoms with Crippen molar-refractivity contribution in [2.24, 2.45) is 0 Å². The number of aromatic nitrogens is 3. The average Bonchev–Trinajstić information content (AvgIpc) is 3.24. The summed E-state index contributed by atoms with van der Waals surface area (Å²) in [6.45, 7) is 7.21. The van der Waals surface area contributed by atoms with Gasteiger partial charge in [-0.25, -0.2) is 13.1 Å². The highest BCUT2D eigenvalue weighted by molar-refractivity contribution is 7.89. The Labute approximate surface area is 208 Å². The molecule has 12 heteroatoms. The monoisotopic (exact) mass is 525 g/mol. The van der Waals surface area contributed by atoms with Gasteiger partial charge in [-0.1, -0.05) is 28.3 Å². The quantitative estimate of drug-likeness (QED) is 0.468. The smallest absolute Gasteiger partial charge is 0.322 e. The van der Waals surface area contributed by atoms with Crippen LogP contribution in [0.3, 0.4) is 0 Å². The van der Waals surface area contributed by atoms with Gasteiger partial charge in [0.25, 0.3) is 0 Å². The maximum atomic E-state index is 12.8. The van der Waals surface area contributed by atoms with Crippen LogP contribution in [0.25, 0.3) is 0 Å². The molecule has 0 aliphatic carbocycles. The Morgan fingerprint density at radius 1 is 1.09 bits per heavy atom. The van der Waals surface area contributed by atoms with Crippen LogP contribution in [0.1, 0.15) is 25.7 Å². The van der Waals surface area contributed by atoms with Crippen LogP contribution in [0.2, 0.25) is 10.0 Å². The summed E-state index contributed by atoms with van der Waals surface area (Å²) < 4.78 is 41.3. The molecule has 1 saturated heterocycles. The number of rotatable bonds is 8. The Hall–Kier alpha value is -2.37.